The van der Waals surface area contributed by atoms with Crippen LogP contribution in [0.2, 0.25) is 0 Å². The summed E-state index contributed by atoms with van der Waals surface area (Å²) in [6.07, 6.45) is -0.936. The van der Waals surface area contributed by atoms with Gasteiger partial charge >= 0.3 is 12.0 Å². The fraction of sp³-hybridized carbons (Fsp3) is 0.238. The molecule has 3 saturated heterocycles. The van der Waals surface area contributed by atoms with Crippen LogP contribution in [0.1, 0.15) is 70.1 Å². The molecule has 3 N–H and O–H groups in total. The zero-order valence-corrected chi connectivity index (χ0v) is 42.6. The molecule has 1 spiro atoms. The molecule has 4 heterocycles. The van der Waals surface area contributed by atoms with Crippen molar-refractivity contribution in [1.82, 2.24) is 10.2 Å². The fourth-order valence-electron chi connectivity index (χ4n) is 11.6. The summed E-state index contributed by atoms with van der Waals surface area (Å²) >= 11 is 0. The molecule has 4 aliphatic heterocycles. The molecule has 0 aromatic heterocycles. The number of cyclic esters (lactones) is 1. The molecule has 77 heavy (non-hydrogen) atoms. The number of ether oxygens (including phenoxy) is 4. The number of benzene rings is 7. The first-order valence-corrected chi connectivity index (χ1v) is 25.8. The number of imide groups is 1. The minimum Gasteiger partial charge on any atom is -0.497 e. The van der Waals surface area contributed by atoms with Crippen molar-refractivity contribution in [2.24, 2.45) is 5.92 Å². The van der Waals surface area contributed by atoms with Gasteiger partial charge in [-0.25, -0.2) is 9.69 Å². The van der Waals surface area contributed by atoms with E-state index in [0.29, 0.717) is 71.3 Å². The van der Waals surface area contributed by atoms with Crippen LogP contribution in [0.25, 0.3) is 0 Å². The van der Waals surface area contributed by atoms with Crippen LogP contribution in [0.5, 0.6) is 11.5 Å². The molecule has 4 amide bonds. The van der Waals surface area contributed by atoms with Crippen molar-refractivity contribution in [3.05, 3.63) is 221 Å². The second-order valence-electron chi connectivity index (χ2n) is 19.5. The van der Waals surface area contributed by atoms with Crippen molar-refractivity contribution in [2.75, 3.05) is 61.7 Å². The van der Waals surface area contributed by atoms with Crippen LogP contribution in [-0.2, 0) is 29.3 Å². The number of hydrogen-bond acceptors (Lipinski definition) is 11. The van der Waals surface area contributed by atoms with E-state index < -0.39 is 65.4 Å². The van der Waals surface area contributed by atoms with Gasteiger partial charge in [-0.15, -0.1) is 0 Å². The molecule has 0 radical (unpaired) electrons. The highest BCUT2D eigenvalue weighted by molar-refractivity contribution is 6.25. The molecular weight excluding hydrogens is 971 g/mol. The number of fused-ring (bicyclic) bond motifs is 3. The standard InChI is InChI=1S/C63H57N5O9/c1-41(44-13-6-3-7-14-44)64-62(73)67-53-32-25-43(22-21-42-23-30-50(74-2)31-24-42)39-52(53)63(61(67)72)54(59(70)65-48-26-28-49(29-27-48)66-33-36-75-37-34-66)56-60(71)77-57(46-17-10-5-11-18-46)55(45-15-8-4-9-16-45)68(56)58(63)47-19-12-20-51(40-47)76-38-35-69/h3-20,23-32,39-41,54-58,69H,33-38H2,1-2H3,(H,64,73)(H,65,70)/t41-,54-,55-,56-,57+,58+,63-/m0/s1. The molecular formula is C63H57N5O9. The van der Waals surface area contributed by atoms with E-state index in [1.807, 2.05) is 145 Å². The lowest BCUT2D eigenvalue weighted by molar-refractivity contribution is -0.177. The number of aliphatic hydroxyl groups excluding tert-OH is 1. The van der Waals surface area contributed by atoms with E-state index in [4.69, 9.17) is 18.9 Å². The Kier molecular flexibility index (Phi) is 14.3. The maximum absolute atomic E-state index is 16.9. The van der Waals surface area contributed by atoms with Crippen molar-refractivity contribution in [1.29, 1.82) is 0 Å². The lowest BCUT2D eigenvalue weighted by Gasteiger charge is -2.46. The topological polar surface area (TPSA) is 159 Å². The number of anilines is 3. The molecule has 7 aromatic rings. The van der Waals surface area contributed by atoms with Crippen molar-refractivity contribution in [3.63, 3.8) is 0 Å². The molecule has 0 saturated carbocycles. The minimum atomic E-state index is -2.07. The van der Waals surface area contributed by atoms with Gasteiger partial charge in [0.05, 0.1) is 56.7 Å². The van der Waals surface area contributed by atoms with Crippen LogP contribution in [0, 0.1) is 17.8 Å². The average Bonchev–Trinajstić information content (AvgIpc) is 4.10. The first-order valence-electron chi connectivity index (χ1n) is 25.8. The van der Waals surface area contributed by atoms with E-state index in [-0.39, 0.29) is 18.9 Å². The second-order valence-corrected chi connectivity index (χ2v) is 19.5. The number of rotatable bonds is 12. The molecule has 11 rings (SSSR count). The Bertz CT molecular complexity index is 3350. The minimum absolute atomic E-state index is 0.0262. The molecule has 0 unspecified atom stereocenters. The molecule has 7 atom stereocenters. The van der Waals surface area contributed by atoms with Gasteiger partial charge in [-0.3, -0.25) is 19.3 Å². The Balaban J connectivity index is 1.17. The van der Waals surface area contributed by atoms with E-state index in [9.17, 15) is 5.11 Å². The summed E-state index contributed by atoms with van der Waals surface area (Å²) in [5, 5.41) is 16.2. The van der Waals surface area contributed by atoms with Crippen LogP contribution >= 0.6 is 0 Å². The number of aliphatic hydroxyl groups is 1. The normalized spacial score (nSPS) is 22.0. The molecule has 388 valence electrons. The number of nitrogens with zero attached hydrogens (tertiary/aromatic N) is 3. The van der Waals surface area contributed by atoms with Gasteiger partial charge < -0.3 is 39.6 Å². The van der Waals surface area contributed by atoms with Crippen LogP contribution in [0.3, 0.4) is 0 Å². The first kappa shape index (κ1) is 50.4. The number of carbonyl (C=O) groups is 4. The van der Waals surface area contributed by atoms with Crippen molar-refractivity contribution in [3.8, 4) is 23.3 Å². The third-order valence-electron chi connectivity index (χ3n) is 15.1. The van der Waals surface area contributed by atoms with E-state index >= 15 is 19.2 Å². The highest BCUT2D eigenvalue weighted by Crippen LogP contribution is 2.66. The number of carbonyl (C=O) groups excluding carboxylic acids is 4. The smallest absolute Gasteiger partial charge is 0.329 e. The van der Waals surface area contributed by atoms with Gasteiger partial charge in [-0.2, -0.15) is 0 Å². The maximum atomic E-state index is 16.9. The highest BCUT2D eigenvalue weighted by Gasteiger charge is 2.75. The summed E-state index contributed by atoms with van der Waals surface area (Å²) in [7, 11) is 1.59. The third kappa shape index (κ3) is 9.54. The van der Waals surface area contributed by atoms with Crippen molar-refractivity contribution in [2.45, 2.75) is 42.6 Å². The molecule has 14 nitrogen and oxygen atoms in total. The third-order valence-corrected chi connectivity index (χ3v) is 15.1. The number of nitrogens with one attached hydrogen (secondary N) is 2. The molecule has 3 fully saturated rings. The van der Waals surface area contributed by atoms with E-state index in [1.165, 1.54) is 0 Å². The number of esters is 1. The lowest BCUT2D eigenvalue weighted by Crippen LogP contribution is -2.55. The number of methoxy groups -OCH3 is 1. The van der Waals surface area contributed by atoms with Gasteiger partial charge in [0, 0.05) is 35.6 Å². The van der Waals surface area contributed by atoms with Crippen molar-refractivity contribution >= 4 is 40.9 Å². The summed E-state index contributed by atoms with van der Waals surface area (Å²) in [6, 6.07) is 50.9. The highest BCUT2D eigenvalue weighted by atomic mass is 16.6. The van der Waals surface area contributed by atoms with E-state index in [0.717, 1.165) is 21.7 Å². The van der Waals surface area contributed by atoms with Gasteiger partial charge in [0.15, 0.2) is 0 Å². The predicted octanol–water partition coefficient (Wildman–Crippen LogP) is 9.08. The Morgan fingerprint density at radius 2 is 1.38 bits per heavy atom. The predicted molar refractivity (Wildman–Crippen MR) is 291 cm³/mol. The summed E-state index contributed by atoms with van der Waals surface area (Å²) in [6.45, 7) is 4.14. The zero-order chi connectivity index (χ0) is 53.0. The van der Waals surface area contributed by atoms with Crippen molar-refractivity contribution < 1.29 is 43.2 Å². The molecule has 0 aliphatic carbocycles. The Hall–Kier alpha value is -8.74. The molecule has 7 aromatic carbocycles. The van der Waals surface area contributed by atoms with Gasteiger partial charge in [0.25, 0.3) is 0 Å². The van der Waals surface area contributed by atoms with Crippen LogP contribution in [-0.4, -0.2) is 86.5 Å². The van der Waals surface area contributed by atoms with E-state index in [2.05, 4.69) is 27.4 Å². The number of urea groups is 1. The van der Waals surface area contributed by atoms with Gasteiger partial charge in [0.2, 0.25) is 11.8 Å². The second kappa shape index (κ2) is 21.8. The number of amides is 4. The van der Waals surface area contributed by atoms with Gasteiger partial charge in [-0.05, 0) is 114 Å². The SMILES string of the molecule is COc1ccc(C#Cc2ccc3c(c2)[C@]2(C(=O)N3C(=O)N[C@@H](C)c3ccccc3)[C@H](C(=O)Nc3ccc(N4CCOCC4)cc3)[C@H]3C(=O)O[C@H](c4ccccc4)[C@H](c4ccccc4)N3[C@@H]2c2cccc(OCCO)c2)cc1. The quantitative estimate of drug-likeness (QED) is 0.0792. The summed E-state index contributed by atoms with van der Waals surface area (Å²) in [5.41, 5.74) is 3.77. The average molecular weight is 1030 g/mol. The first-order chi connectivity index (χ1) is 37.7. The largest absolute Gasteiger partial charge is 0.497 e. The van der Waals surface area contributed by atoms with Crippen LogP contribution in [0.4, 0.5) is 21.9 Å². The van der Waals surface area contributed by atoms with Gasteiger partial charge in [-0.1, -0.05) is 115 Å². The van der Waals surface area contributed by atoms with Gasteiger partial charge in [0.1, 0.15) is 35.7 Å². The molecule has 14 heteroatoms. The zero-order valence-electron chi connectivity index (χ0n) is 42.6. The lowest BCUT2D eigenvalue weighted by atomic mass is 9.65. The van der Waals surface area contributed by atoms with Crippen LogP contribution in [0.15, 0.2) is 182 Å². The number of hydrogen-bond donors (Lipinski definition) is 3. The summed E-state index contributed by atoms with van der Waals surface area (Å²) in [5.74, 6) is 3.93. The molecule has 4 aliphatic rings. The maximum Gasteiger partial charge on any atom is 0.329 e. The monoisotopic (exact) mass is 1030 g/mol. The Labute approximate surface area is 447 Å². The number of morpholine rings is 2. The molecule has 0 bridgehead atoms. The Morgan fingerprint density at radius 3 is 2.06 bits per heavy atom. The fourth-order valence-corrected chi connectivity index (χ4v) is 11.6. The van der Waals surface area contributed by atoms with E-state index in [1.54, 1.807) is 55.6 Å². The summed E-state index contributed by atoms with van der Waals surface area (Å²) in [4.78, 5) is 69.5. The van der Waals surface area contributed by atoms with Crippen LogP contribution < -0.4 is 29.9 Å². The Morgan fingerprint density at radius 1 is 0.727 bits per heavy atom. The summed E-state index contributed by atoms with van der Waals surface area (Å²) < 4.78 is 23.8.